The van der Waals surface area contributed by atoms with Gasteiger partial charge in [0.15, 0.2) is 5.82 Å². The van der Waals surface area contributed by atoms with Crippen LogP contribution in [0.15, 0.2) is 28.8 Å². The van der Waals surface area contributed by atoms with Crippen LogP contribution >= 0.6 is 0 Å². The number of anilines is 1. The molecule has 3 rings (SSSR count). The van der Waals surface area contributed by atoms with Crippen molar-refractivity contribution >= 4 is 11.6 Å². The summed E-state index contributed by atoms with van der Waals surface area (Å²) in [5, 5.41) is 13.7. The number of aromatic amines is 1. The molecule has 0 fully saturated rings. The third-order valence-electron chi connectivity index (χ3n) is 3.52. The van der Waals surface area contributed by atoms with E-state index in [0.717, 1.165) is 22.6 Å². The van der Waals surface area contributed by atoms with Crippen molar-refractivity contribution in [3.05, 3.63) is 47.1 Å². The normalized spacial score (nSPS) is 10.7. The zero-order valence-corrected chi connectivity index (χ0v) is 13.2. The largest absolute Gasteiger partial charge is 0.361 e. The molecule has 0 atom stereocenters. The second kappa shape index (κ2) is 6.04. The summed E-state index contributed by atoms with van der Waals surface area (Å²) in [5.74, 6) is 1.89. The van der Waals surface area contributed by atoms with Gasteiger partial charge in [0, 0.05) is 16.8 Å². The van der Waals surface area contributed by atoms with Crippen LogP contribution in [0.3, 0.4) is 0 Å². The van der Waals surface area contributed by atoms with Gasteiger partial charge >= 0.3 is 0 Å². The SMILES string of the molecule is Cc1nc(-c2cccc(NC(=O)Cc3c(C)noc3C)c2)n[nH]1. The second-order valence-electron chi connectivity index (χ2n) is 5.35. The van der Waals surface area contributed by atoms with Crippen LogP contribution in [0.5, 0.6) is 0 Å². The van der Waals surface area contributed by atoms with Crippen LogP contribution in [0.25, 0.3) is 11.4 Å². The molecule has 0 aliphatic carbocycles. The smallest absolute Gasteiger partial charge is 0.228 e. The van der Waals surface area contributed by atoms with Crippen LogP contribution in [0, 0.1) is 20.8 Å². The Kier molecular flexibility index (Phi) is 3.92. The van der Waals surface area contributed by atoms with E-state index in [0.29, 0.717) is 17.3 Å². The lowest BCUT2D eigenvalue weighted by Gasteiger charge is -2.06. The highest BCUT2D eigenvalue weighted by atomic mass is 16.5. The fraction of sp³-hybridized carbons (Fsp3) is 0.250. The number of nitrogens with one attached hydrogen (secondary N) is 2. The zero-order chi connectivity index (χ0) is 16.4. The van der Waals surface area contributed by atoms with E-state index < -0.39 is 0 Å². The molecule has 0 spiro atoms. The number of hydrogen-bond donors (Lipinski definition) is 2. The molecular weight excluding hydrogens is 294 g/mol. The number of rotatable bonds is 4. The summed E-state index contributed by atoms with van der Waals surface area (Å²) in [6, 6.07) is 7.42. The van der Waals surface area contributed by atoms with Crippen molar-refractivity contribution in [1.82, 2.24) is 20.3 Å². The highest BCUT2D eigenvalue weighted by Crippen LogP contribution is 2.20. The Hall–Kier alpha value is -2.96. The molecule has 0 saturated heterocycles. The fourth-order valence-electron chi connectivity index (χ4n) is 2.33. The molecule has 3 aromatic rings. The highest BCUT2D eigenvalue weighted by Gasteiger charge is 2.14. The molecule has 0 aliphatic heterocycles. The van der Waals surface area contributed by atoms with Crippen molar-refractivity contribution in [1.29, 1.82) is 0 Å². The Morgan fingerprint density at radius 2 is 2.13 bits per heavy atom. The summed E-state index contributed by atoms with van der Waals surface area (Å²) >= 11 is 0. The van der Waals surface area contributed by atoms with Crippen LogP contribution in [0.1, 0.15) is 22.8 Å². The Balaban J connectivity index is 1.74. The Morgan fingerprint density at radius 3 is 2.78 bits per heavy atom. The van der Waals surface area contributed by atoms with Gasteiger partial charge < -0.3 is 9.84 Å². The molecule has 118 valence electrons. The lowest BCUT2D eigenvalue weighted by atomic mass is 10.1. The number of aryl methyl sites for hydroxylation is 3. The van der Waals surface area contributed by atoms with E-state index in [9.17, 15) is 4.79 Å². The van der Waals surface area contributed by atoms with Gasteiger partial charge in [0.25, 0.3) is 0 Å². The second-order valence-corrected chi connectivity index (χ2v) is 5.35. The number of benzene rings is 1. The fourth-order valence-corrected chi connectivity index (χ4v) is 2.33. The van der Waals surface area contributed by atoms with E-state index in [1.54, 1.807) is 6.92 Å². The first-order valence-corrected chi connectivity index (χ1v) is 7.24. The molecule has 0 aliphatic rings. The summed E-state index contributed by atoms with van der Waals surface area (Å²) < 4.78 is 5.08. The Labute approximate surface area is 133 Å². The molecule has 0 bridgehead atoms. The molecule has 1 aromatic carbocycles. The average Bonchev–Trinajstić information content (AvgIpc) is 3.08. The number of H-pyrrole nitrogens is 1. The molecule has 2 N–H and O–H groups in total. The highest BCUT2D eigenvalue weighted by molar-refractivity contribution is 5.93. The first-order valence-electron chi connectivity index (χ1n) is 7.24. The van der Waals surface area contributed by atoms with Crippen molar-refractivity contribution in [2.24, 2.45) is 0 Å². The monoisotopic (exact) mass is 311 g/mol. The molecule has 0 radical (unpaired) electrons. The van der Waals surface area contributed by atoms with Gasteiger partial charge in [0.2, 0.25) is 5.91 Å². The summed E-state index contributed by atoms with van der Waals surface area (Å²) in [6.07, 6.45) is 0.227. The summed E-state index contributed by atoms with van der Waals surface area (Å²) in [7, 11) is 0. The van der Waals surface area contributed by atoms with Gasteiger partial charge in [-0.2, -0.15) is 5.10 Å². The number of carbonyl (C=O) groups is 1. The maximum Gasteiger partial charge on any atom is 0.228 e. The lowest BCUT2D eigenvalue weighted by Crippen LogP contribution is -2.15. The zero-order valence-electron chi connectivity index (χ0n) is 13.2. The minimum atomic E-state index is -0.122. The number of hydrogen-bond acceptors (Lipinski definition) is 5. The van der Waals surface area contributed by atoms with Gasteiger partial charge in [0.1, 0.15) is 11.6 Å². The van der Waals surface area contributed by atoms with Gasteiger partial charge in [-0.05, 0) is 32.9 Å². The molecule has 0 unspecified atom stereocenters. The topological polar surface area (TPSA) is 96.7 Å². The van der Waals surface area contributed by atoms with Gasteiger partial charge in [-0.15, -0.1) is 0 Å². The lowest BCUT2D eigenvalue weighted by molar-refractivity contribution is -0.115. The predicted molar refractivity (Wildman–Crippen MR) is 84.9 cm³/mol. The number of carbonyl (C=O) groups excluding carboxylic acids is 1. The number of amides is 1. The first kappa shape index (κ1) is 15.0. The molecule has 23 heavy (non-hydrogen) atoms. The van der Waals surface area contributed by atoms with E-state index in [1.807, 2.05) is 38.1 Å². The van der Waals surface area contributed by atoms with E-state index in [2.05, 4.69) is 25.7 Å². The van der Waals surface area contributed by atoms with Crippen LogP contribution in [-0.2, 0) is 11.2 Å². The molecule has 0 saturated carbocycles. The Bertz CT molecular complexity index is 830. The van der Waals surface area contributed by atoms with Crippen LogP contribution in [0.4, 0.5) is 5.69 Å². The standard InChI is InChI=1S/C16H17N5O2/c1-9-14(10(2)23-21-9)8-15(22)18-13-6-4-5-12(7-13)16-17-11(3)19-20-16/h4-7H,8H2,1-3H3,(H,18,22)(H,17,19,20). The van der Waals surface area contributed by atoms with Crippen molar-refractivity contribution in [3.63, 3.8) is 0 Å². The maximum atomic E-state index is 12.2. The van der Waals surface area contributed by atoms with E-state index >= 15 is 0 Å². The summed E-state index contributed by atoms with van der Waals surface area (Å²) in [6.45, 7) is 5.46. The van der Waals surface area contributed by atoms with E-state index in [1.165, 1.54) is 0 Å². The third-order valence-corrected chi connectivity index (χ3v) is 3.52. The minimum Gasteiger partial charge on any atom is -0.361 e. The van der Waals surface area contributed by atoms with Crippen LogP contribution in [0.2, 0.25) is 0 Å². The van der Waals surface area contributed by atoms with Crippen molar-refractivity contribution in [3.8, 4) is 11.4 Å². The van der Waals surface area contributed by atoms with Gasteiger partial charge in [-0.25, -0.2) is 4.98 Å². The van der Waals surface area contributed by atoms with Crippen molar-refractivity contribution in [2.75, 3.05) is 5.32 Å². The third kappa shape index (κ3) is 3.28. The molecule has 7 nitrogen and oxygen atoms in total. The summed E-state index contributed by atoms with van der Waals surface area (Å²) in [4.78, 5) is 16.5. The van der Waals surface area contributed by atoms with E-state index in [-0.39, 0.29) is 12.3 Å². The van der Waals surface area contributed by atoms with Crippen molar-refractivity contribution in [2.45, 2.75) is 27.2 Å². The molecule has 2 aromatic heterocycles. The average molecular weight is 311 g/mol. The van der Waals surface area contributed by atoms with Crippen LogP contribution in [-0.4, -0.2) is 26.2 Å². The maximum absolute atomic E-state index is 12.2. The number of nitrogens with zero attached hydrogens (tertiary/aromatic N) is 3. The van der Waals surface area contributed by atoms with Crippen molar-refractivity contribution < 1.29 is 9.32 Å². The number of aromatic nitrogens is 4. The molecule has 2 heterocycles. The minimum absolute atomic E-state index is 0.122. The molecular formula is C16H17N5O2. The van der Waals surface area contributed by atoms with Gasteiger partial charge in [-0.1, -0.05) is 17.3 Å². The van der Waals surface area contributed by atoms with Gasteiger partial charge in [0.05, 0.1) is 12.1 Å². The predicted octanol–water partition coefficient (Wildman–Crippen LogP) is 2.57. The first-order chi connectivity index (χ1) is 11.0. The van der Waals surface area contributed by atoms with Gasteiger partial charge in [-0.3, -0.25) is 9.89 Å². The Morgan fingerprint density at radius 1 is 1.30 bits per heavy atom. The van der Waals surface area contributed by atoms with E-state index in [4.69, 9.17) is 4.52 Å². The molecule has 7 heteroatoms. The molecule has 1 amide bonds. The van der Waals surface area contributed by atoms with Crippen LogP contribution < -0.4 is 5.32 Å². The summed E-state index contributed by atoms with van der Waals surface area (Å²) in [5.41, 5.74) is 3.09. The quantitative estimate of drug-likeness (QED) is 0.772.